The molecule has 0 aromatic heterocycles. The zero-order chi connectivity index (χ0) is 24.2. The number of amides is 1. The second-order valence-electron chi connectivity index (χ2n) is 9.82. The largest absolute Gasteiger partial charge is 0.339 e. The summed E-state index contributed by atoms with van der Waals surface area (Å²) in [6.45, 7) is 2.24. The van der Waals surface area contributed by atoms with Gasteiger partial charge in [0.05, 0.1) is 18.4 Å². The lowest BCUT2D eigenvalue weighted by atomic mass is 9.94. The summed E-state index contributed by atoms with van der Waals surface area (Å²) < 4.78 is 40.3. The summed E-state index contributed by atoms with van der Waals surface area (Å²) in [4.78, 5) is 12.9. The van der Waals surface area contributed by atoms with Crippen LogP contribution in [-0.2, 0) is 21.2 Å². The Balaban J connectivity index is 1.25. The number of rotatable bonds is 7. The number of fused-ring (bicyclic) bond motifs is 5. The number of benzene rings is 2. The summed E-state index contributed by atoms with van der Waals surface area (Å²) >= 11 is 0. The monoisotopic (exact) mass is 482 g/mol. The lowest BCUT2D eigenvalue weighted by molar-refractivity contribution is -0.124. The van der Waals surface area contributed by atoms with Gasteiger partial charge in [-0.25, -0.2) is 12.8 Å². The number of anilines is 1. The molecule has 3 aliphatic rings. The second-order valence-corrected chi connectivity index (χ2v) is 11.6. The van der Waals surface area contributed by atoms with Crippen LogP contribution in [-0.4, -0.2) is 38.7 Å². The van der Waals surface area contributed by atoms with E-state index in [4.69, 9.17) is 0 Å². The van der Waals surface area contributed by atoms with Crippen molar-refractivity contribution in [2.45, 2.75) is 37.9 Å². The topological polar surface area (TPSA) is 111 Å². The highest BCUT2D eigenvalue weighted by molar-refractivity contribution is 7.92. The molecule has 2 aromatic carbocycles. The van der Waals surface area contributed by atoms with Crippen LogP contribution in [0.25, 0.3) is 11.1 Å². The van der Waals surface area contributed by atoms with Crippen molar-refractivity contribution >= 4 is 21.6 Å². The minimum absolute atomic E-state index is 0.0628. The molecule has 9 heteroatoms. The van der Waals surface area contributed by atoms with Gasteiger partial charge in [-0.2, -0.15) is 5.26 Å². The van der Waals surface area contributed by atoms with Crippen LogP contribution in [0, 0.1) is 40.8 Å². The normalized spacial score (nSPS) is 29.7. The van der Waals surface area contributed by atoms with Crippen molar-refractivity contribution in [3.8, 4) is 17.2 Å². The smallest absolute Gasteiger partial charge is 0.238 e. The lowest BCUT2D eigenvalue weighted by Crippen LogP contribution is -2.51. The number of halogens is 1. The Morgan fingerprint density at radius 3 is 2.68 bits per heavy atom. The van der Waals surface area contributed by atoms with Crippen molar-refractivity contribution in [1.82, 2.24) is 10.6 Å². The van der Waals surface area contributed by atoms with E-state index in [0.717, 1.165) is 12.7 Å². The number of hydrogen-bond acceptors (Lipinski definition) is 5. The standard InChI is InChI=1S/C25H27FN4O3S/c1-13-22-19-11-21(23(13)22)29-24(19)25(31)28-18(12-27)9-16-7-6-15(10-20(16)26)14-4-3-5-17(8-14)30-34(2,32)33/h3-8,10,13,18-19,21-24,29-30H,9,11H2,1-2H3,(H,28,31)/t13?,18-,19+,21-,22?,23?,24-/m0/s1. The zero-order valence-corrected chi connectivity index (χ0v) is 19.8. The Labute approximate surface area is 198 Å². The van der Waals surface area contributed by atoms with Crippen LogP contribution in [0.3, 0.4) is 0 Å². The van der Waals surface area contributed by atoms with E-state index in [1.54, 1.807) is 36.4 Å². The third-order valence-electron chi connectivity index (χ3n) is 7.56. The first-order valence-corrected chi connectivity index (χ1v) is 13.4. The molecule has 178 valence electrons. The fraction of sp³-hybridized carbons (Fsp3) is 0.440. The second kappa shape index (κ2) is 8.36. The van der Waals surface area contributed by atoms with Gasteiger partial charge in [0.1, 0.15) is 11.9 Å². The molecular weight excluding hydrogens is 455 g/mol. The predicted molar refractivity (Wildman–Crippen MR) is 127 cm³/mol. The van der Waals surface area contributed by atoms with E-state index in [1.165, 1.54) is 6.07 Å². The highest BCUT2D eigenvalue weighted by Gasteiger charge is 2.67. The number of carbonyl (C=O) groups is 1. The van der Waals surface area contributed by atoms with Crippen LogP contribution in [0.15, 0.2) is 42.5 Å². The molecule has 7 atom stereocenters. The minimum atomic E-state index is -3.42. The molecule has 3 fully saturated rings. The van der Waals surface area contributed by atoms with Gasteiger partial charge >= 0.3 is 0 Å². The van der Waals surface area contributed by atoms with Crippen molar-refractivity contribution in [3.05, 3.63) is 53.8 Å². The van der Waals surface area contributed by atoms with Crippen molar-refractivity contribution in [3.63, 3.8) is 0 Å². The molecule has 2 aromatic rings. The Morgan fingerprint density at radius 2 is 2.00 bits per heavy atom. The molecule has 2 saturated carbocycles. The van der Waals surface area contributed by atoms with Gasteiger partial charge in [0.25, 0.3) is 0 Å². The number of carbonyl (C=O) groups excluding carboxylic acids is 1. The Hall–Kier alpha value is -2.96. The molecule has 1 saturated heterocycles. The first-order valence-electron chi connectivity index (χ1n) is 11.5. The number of piperidine rings is 1. The Kier molecular flexibility index (Phi) is 5.61. The van der Waals surface area contributed by atoms with Crippen LogP contribution >= 0.6 is 0 Å². The first kappa shape index (κ1) is 22.8. The number of hydrogen-bond donors (Lipinski definition) is 3. The molecule has 1 amide bonds. The van der Waals surface area contributed by atoms with E-state index < -0.39 is 21.9 Å². The van der Waals surface area contributed by atoms with Gasteiger partial charge < -0.3 is 10.6 Å². The van der Waals surface area contributed by atoms with Gasteiger partial charge in [-0.05, 0) is 65.0 Å². The summed E-state index contributed by atoms with van der Waals surface area (Å²) in [5.41, 5.74) is 1.95. The Morgan fingerprint density at radius 1 is 1.24 bits per heavy atom. The number of nitrogens with one attached hydrogen (secondary N) is 3. The van der Waals surface area contributed by atoms with Crippen LogP contribution in [0.5, 0.6) is 0 Å². The summed E-state index contributed by atoms with van der Waals surface area (Å²) in [7, 11) is -3.42. The summed E-state index contributed by atoms with van der Waals surface area (Å²) in [5, 5.41) is 15.8. The van der Waals surface area contributed by atoms with E-state index in [0.29, 0.717) is 52.1 Å². The maximum absolute atomic E-state index is 14.9. The molecule has 3 N–H and O–H groups in total. The maximum Gasteiger partial charge on any atom is 0.238 e. The van der Waals surface area contributed by atoms with Crippen LogP contribution in [0.1, 0.15) is 18.9 Å². The quantitative estimate of drug-likeness (QED) is 0.562. The molecular formula is C25H27FN4O3S. The molecule has 0 radical (unpaired) electrons. The van der Waals surface area contributed by atoms with E-state index in [-0.39, 0.29) is 18.4 Å². The summed E-state index contributed by atoms with van der Waals surface area (Å²) in [6, 6.07) is 12.8. The molecule has 3 unspecified atom stereocenters. The zero-order valence-electron chi connectivity index (χ0n) is 19.0. The molecule has 1 aliphatic heterocycles. The summed E-state index contributed by atoms with van der Waals surface area (Å²) in [5.74, 6) is 1.63. The third-order valence-corrected chi connectivity index (χ3v) is 8.16. The van der Waals surface area contributed by atoms with E-state index in [2.05, 4.69) is 28.3 Å². The fourth-order valence-corrected chi connectivity index (χ4v) is 6.64. The van der Waals surface area contributed by atoms with Gasteiger partial charge in [-0.15, -0.1) is 0 Å². The van der Waals surface area contributed by atoms with Gasteiger partial charge in [-0.1, -0.05) is 31.2 Å². The van der Waals surface area contributed by atoms with Crippen molar-refractivity contribution in [2.75, 3.05) is 11.0 Å². The number of sulfonamides is 1. The molecule has 2 aliphatic carbocycles. The maximum atomic E-state index is 14.9. The van der Waals surface area contributed by atoms with Crippen molar-refractivity contribution in [1.29, 1.82) is 5.26 Å². The van der Waals surface area contributed by atoms with E-state index in [1.807, 2.05) is 0 Å². The van der Waals surface area contributed by atoms with Crippen LogP contribution < -0.4 is 15.4 Å². The van der Waals surface area contributed by atoms with Gasteiger partial charge in [0, 0.05) is 18.2 Å². The molecule has 7 nitrogen and oxygen atoms in total. The van der Waals surface area contributed by atoms with Crippen molar-refractivity contribution < 1.29 is 17.6 Å². The fourth-order valence-electron chi connectivity index (χ4n) is 6.08. The van der Waals surface area contributed by atoms with Crippen LogP contribution in [0.2, 0.25) is 0 Å². The van der Waals surface area contributed by atoms with Gasteiger partial charge in [-0.3, -0.25) is 9.52 Å². The van der Waals surface area contributed by atoms with Crippen molar-refractivity contribution in [2.24, 2.45) is 23.7 Å². The van der Waals surface area contributed by atoms with Gasteiger partial charge in [0.2, 0.25) is 15.9 Å². The van der Waals surface area contributed by atoms with E-state index in [9.17, 15) is 22.9 Å². The third kappa shape index (κ3) is 4.28. The van der Waals surface area contributed by atoms with Gasteiger partial charge in [0.15, 0.2) is 0 Å². The summed E-state index contributed by atoms with van der Waals surface area (Å²) in [6.07, 6.45) is 2.15. The average Bonchev–Trinajstić information content (AvgIpc) is 3.13. The van der Waals surface area contributed by atoms with E-state index >= 15 is 0 Å². The predicted octanol–water partition coefficient (Wildman–Crippen LogP) is 2.66. The molecule has 34 heavy (non-hydrogen) atoms. The lowest BCUT2D eigenvalue weighted by Gasteiger charge is -2.23. The number of nitrogens with zero attached hydrogens (tertiary/aromatic N) is 1. The highest BCUT2D eigenvalue weighted by atomic mass is 32.2. The molecule has 2 bridgehead atoms. The molecule has 5 rings (SSSR count). The Bertz CT molecular complexity index is 1290. The average molecular weight is 483 g/mol. The molecule has 1 heterocycles. The number of nitriles is 1. The minimum Gasteiger partial charge on any atom is -0.339 e. The highest BCUT2D eigenvalue weighted by Crippen LogP contribution is 2.64. The SMILES string of the molecule is CC1C2C1[C@H]1C[C@@H]2N[C@@H]1C(=O)N[C@H](C#N)Cc1ccc(-c2cccc(NS(C)(=O)=O)c2)cc1F. The molecule has 0 spiro atoms. The first-order chi connectivity index (χ1) is 16.1. The van der Waals surface area contributed by atoms with Crippen LogP contribution in [0.4, 0.5) is 10.1 Å².